The first-order chi connectivity index (χ1) is 7.65. The summed E-state index contributed by atoms with van der Waals surface area (Å²) in [7, 11) is 0. The Morgan fingerprint density at radius 1 is 1.38 bits per heavy atom. The summed E-state index contributed by atoms with van der Waals surface area (Å²) in [5, 5.41) is 3.86. The molecular formula is C11H11F2N3. The molecule has 2 aromatic heterocycles. The molecule has 0 amide bonds. The van der Waals surface area contributed by atoms with Crippen molar-refractivity contribution in [1.29, 1.82) is 0 Å². The summed E-state index contributed by atoms with van der Waals surface area (Å²) < 4.78 is 25.5. The van der Waals surface area contributed by atoms with Gasteiger partial charge in [0.25, 0.3) is 6.43 Å². The Hall–Kier alpha value is -1.78. The van der Waals surface area contributed by atoms with Crippen molar-refractivity contribution in [3.8, 4) is 11.3 Å². The van der Waals surface area contributed by atoms with Crippen LogP contribution in [0.15, 0.2) is 30.6 Å². The summed E-state index contributed by atoms with van der Waals surface area (Å²) in [6.07, 6.45) is 0.733. The van der Waals surface area contributed by atoms with Crippen LogP contribution in [0, 0.1) is 6.92 Å². The van der Waals surface area contributed by atoms with E-state index in [-0.39, 0.29) is 6.54 Å². The molecule has 0 N–H and O–H groups in total. The van der Waals surface area contributed by atoms with Crippen LogP contribution in [-0.4, -0.2) is 21.2 Å². The monoisotopic (exact) mass is 223 g/mol. The Balaban J connectivity index is 2.24. The second-order valence-corrected chi connectivity index (χ2v) is 3.51. The predicted molar refractivity (Wildman–Crippen MR) is 56.2 cm³/mol. The third kappa shape index (κ3) is 2.42. The lowest BCUT2D eigenvalue weighted by molar-refractivity contribution is 0.122. The number of hydrogen-bond acceptors (Lipinski definition) is 2. The van der Waals surface area contributed by atoms with Gasteiger partial charge in [-0.2, -0.15) is 5.10 Å². The fourth-order valence-corrected chi connectivity index (χ4v) is 1.44. The van der Waals surface area contributed by atoms with E-state index in [1.165, 1.54) is 4.68 Å². The zero-order valence-corrected chi connectivity index (χ0v) is 8.77. The maximum Gasteiger partial charge on any atom is 0.257 e. The molecule has 0 saturated carbocycles. The van der Waals surface area contributed by atoms with Crippen molar-refractivity contribution in [2.45, 2.75) is 19.9 Å². The van der Waals surface area contributed by atoms with Crippen molar-refractivity contribution < 1.29 is 8.78 Å². The first-order valence-corrected chi connectivity index (χ1v) is 4.90. The minimum Gasteiger partial charge on any atom is -0.266 e. The fraction of sp³-hybridized carbons (Fsp3) is 0.273. The molecule has 84 valence electrons. The van der Waals surface area contributed by atoms with Crippen LogP contribution in [0.2, 0.25) is 0 Å². The van der Waals surface area contributed by atoms with Crippen molar-refractivity contribution in [1.82, 2.24) is 14.8 Å². The van der Waals surface area contributed by atoms with Gasteiger partial charge in [0.1, 0.15) is 6.54 Å². The number of alkyl halides is 2. The molecule has 2 rings (SSSR count). The summed E-state index contributed by atoms with van der Waals surface area (Å²) in [5.41, 5.74) is 2.39. The topological polar surface area (TPSA) is 30.7 Å². The van der Waals surface area contributed by atoms with Crippen molar-refractivity contribution in [3.63, 3.8) is 0 Å². The van der Waals surface area contributed by atoms with Crippen LogP contribution in [0.1, 0.15) is 5.69 Å². The third-order valence-electron chi connectivity index (χ3n) is 2.14. The van der Waals surface area contributed by atoms with Crippen LogP contribution in [0.4, 0.5) is 8.78 Å². The number of hydrogen-bond donors (Lipinski definition) is 0. The highest BCUT2D eigenvalue weighted by molar-refractivity contribution is 5.56. The third-order valence-corrected chi connectivity index (χ3v) is 2.14. The van der Waals surface area contributed by atoms with E-state index in [0.717, 1.165) is 17.0 Å². The summed E-state index contributed by atoms with van der Waals surface area (Å²) in [6.45, 7) is 1.50. The lowest BCUT2D eigenvalue weighted by Crippen LogP contribution is -2.06. The van der Waals surface area contributed by atoms with E-state index in [1.54, 1.807) is 12.4 Å². The molecule has 0 unspecified atom stereocenters. The highest BCUT2D eigenvalue weighted by atomic mass is 19.3. The zero-order valence-electron chi connectivity index (χ0n) is 8.77. The number of halogens is 2. The minimum absolute atomic E-state index is 0.383. The Morgan fingerprint density at radius 3 is 2.88 bits per heavy atom. The smallest absolute Gasteiger partial charge is 0.257 e. The highest BCUT2D eigenvalue weighted by Crippen LogP contribution is 2.16. The van der Waals surface area contributed by atoms with Gasteiger partial charge in [-0.3, -0.25) is 9.67 Å². The summed E-state index contributed by atoms with van der Waals surface area (Å²) >= 11 is 0. The molecule has 0 saturated heterocycles. The molecule has 2 aromatic rings. The zero-order chi connectivity index (χ0) is 11.5. The molecular weight excluding hydrogens is 212 g/mol. The SMILES string of the molecule is Cc1cccc(-c2cnn(CC(F)F)c2)n1. The molecule has 16 heavy (non-hydrogen) atoms. The molecule has 0 spiro atoms. The molecule has 0 atom stereocenters. The molecule has 0 aliphatic rings. The number of aromatic nitrogens is 3. The number of pyridine rings is 1. The molecule has 0 aliphatic carbocycles. The summed E-state index contributed by atoms with van der Waals surface area (Å²) in [5.74, 6) is 0. The standard InChI is InChI=1S/C11H11F2N3/c1-8-3-2-4-10(15-8)9-5-14-16(6-9)7-11(12)13/h2-6,11H,7H2,1H3. The second kappa shape index (κ2) is 4.38. The van der Waals surface area contributed by atoms with E-state index in [1.807, 2.05) is 25.1 Å². The number of aryl methyl sites for hydroxylation is 1. The first kappa shape index (κ1) is 10.7. The number of nitrogens with zero attached hydrogens (tertiary/aromatic N) is 3. The van der Waals surface area contributed by atoms with Gasteiger partial charge in [0.2, 0.25) is 0 Å². The summed E-state index contributed by atoms with van der Waals surface area (Å²) in [4.78, 5) is 4.30. The molecule has 2 heterocycles. The van der Waals surface area contributed by atoms with E-state index in [4.69, 9.17) is 0 Å². The second-order valence-electron chi connectivity index (χ2n) is 3.51. The van der Waals surface area contributed by atoms with Crippen molar-refractivity contribution in [2.75, 3.05) is 0 Å². The van der Waals surface area contributed by atoms with Gasteiger partial charge in [0.15, 0.2) is 0 Å². The largest absolute Gasteiger partial charge is 0.266 e. The molecule has 3 nitrogen and oxygen atoms in total. The van der Waals surface area contributed by atoms with Gasteiger partial charge in [-0.05, 0) is 19.1 Å². The Bertz CT molecular complexity index is 480. The Morgan fingerprint density at radius 2 is 2.19 bits per heavy atom. The van der Waals surface area contributed by atoms with Gasteiger partial charge < -0.3 is 0 Å². The lowest BCUT2D eigenvalue weighted by Gasteiger charge is -1.99. The maximum atomic E-state index is 12.1. The quantitative estimate of drug-likeness (QED) is 0.800. The predicted octanol–water partition coefficient (Wildman–Crippen LogP) is 2.52. The van der Waals surface area contributed by atoms with Gasteiger partial charge in [0, 0.05) is 17.5 Å². The Kier molecular flexibility index (Phi) is 2.94. The van der Waals surface area contributed by atoms with Crippen molar-refractivity contribution >= 4 is 0 Å². The van der Waals surface area contributed by atoms with E-state index >= 15 is 0 Å². The van der Waals surface area contributed by atoms with Gasteiger partial charge in [0.05, 0.1) is 11.9 Å². The van der Waals surface area contributed by atoms with E-state index in [0.29, 0.717) is 0 Å². The van der Waals surface area contributed by atoms with Gasteiger partial charge in [-0.1, -0.05) is 6.07 Å². The molecule has 0 bridgehead atoms. The highest BCUT2D eigenvalue weighted by Gasteiger charge is 2.07. The van der Waals surface area contributed by atoms with Gasteiger partial charge in [-0.15, -0.1) is 0 Å². The normalized spacial score (nSPS) is 11.0. The average molecular weight is 223 g/mol. The van der Waals surface area contributed by atoms with Crippen LogP contribution in [0.25, 0.3) is 11.3 Å². The van der Waals surface area contributed by atoms with E-state index < -0.39 is 6.43 Å². The molecule has 0 fully saturated rings. The molecule has 5 heteroatoms. The van der Waals surface area contributed by atoms with Crippen LogP contribution in [0.3, 0.4) is 0 Å². The van der Waals surface area contributed by atoms with Gasteiger partial charge in [-0.25, -0.2) is 8.78 Å². The van der Waals surface area contributed by atoms with Crippen molar-refractivity contribution in [3.05, 3.63) is 36.3 Å². The summed E-state index contributed by atoms with van der Waals surface area (Å²) in [6, 6.07) is 5.59. The Labute approximate surface area is 91.7 Å². The molecule has 0 aliphatic heterocycles. The van der Waals surface area contributed by atoms with E-state index in [2.05, 4.69) is 10.1 Å². The van der Waals surface area contributed by atoms with E-state index in [9.17, 15) is 8.78 Å². The fourth-order valence-electron chi connectivity index (χ4n) is 1.44. The average Bonchev–Trinajstić information content (AvgIpc) is 2.65. The van der Waals surface area contributed by atoms with Crippen LogP contribution >= 0.6 is 0 Å². The molecule has 0 radical (unpaired) electrons. The van der Waals surface area contributed by atoms with Crippen LogP contribution in [0.5, 0.6) is 0 Å². The first-order valence-electron chi connectivity index (χ1n) is 4.90. The van der Waals surface area contributed by atoms with Crippen molar-refractivity contribution in [2.24, 2.45) is 0 Å². The number of rotatable bonds is 3. The van der Waals surface area contributed by atoms with Gasteiger partial charge >= 0.3 is 0 Å². The molecule has 0 aromatic carbocycles. The van der Waals surface area contributed by atoms with Crippen LogP contribution < -0.4 is 0 Å². The minimum atomic E-state index is -2.39. The maximum absolute atomic E-state index is 12.1. The lowest BCUT2D eigenvalue weighted by atomic mass is 10.2. The van der Waals surface area contributed by atoms with Crippen LogP contribution in [-0.2, 0) is 6.54 Å².